The van der Waals surface area contributed by atoms with Crippen molar-refractivity contribution in [3.63, 3.8) is 0 Å². The molecule has 0 N–H and O–H groups in total. The molecule has 0 fully saturated rings. The molecule has 0 bridgehead atoms. The maximum absolute atomic E-state index is 4.51. The van der Waals surface area contributed by atoms with Crippen LogP contribution in [-0.4, -0.2) is 29.9 Å². The SMILES string of the molecule is CC(C)/C(N=Nc1cccc[n+]1C)=N/N=c1n(C)c2ccccc2n1C.Cn1c(=N/N=C(\N=Nc2cccc[n+]2C)c2ccccc2)n(C)c2ccccc21.[Cl-].[Cl-]. The molecule has 294 valence electrons. The van der Waals surface area contributed by atoms with Crippen molar-refractivity contribution < 1.29 is 33.9 Å². The fraction of sp³-hybridized carbons (Fsp3) is 0.220. The molecule has 0 spiro atoms. The van der Waals surface area contributed by atoms with E-state index < -0.39 is 0 Å². The molecule has 14 nitrogen and oxygen atoms in total. The van der Waals surface area contributed by atoms with E-state index >= 15 is 0 Å². The molecule has 4 heterocycles. The Morgan fingerprint density at radius 1 is 0.491 bits per heavy atom. The van der Waals surface area contributed by atoms with Crippen molar-refractivity contribution in [1.29, 1.82) is 0 Å². The van der Waals surface area contributed by atoms with E-state index in [1.807, 2.05) is 187 Å². The first kappa shape index (κ1) is 43.3. The minimum absolute atomic E-state index is 0. The number of aryl methyl sites for hydroxylation is 6. The van der Waals surface area contributed by atoms with Crippen molar-refractivity contribution >= 4 is 45.4 Å². The van der Waals surface area contributed by atoms with Crippen LogP contribution in [-0.2, 0) is 42.3 Å². The molecule has 3 aromatic carbocycles. The fourth-order valence-electron chi connectivity index (χ4n) is 5.81. The fourth-order valence-corrected chi connectivity index (χ4v) is 5.81. The summed E-state index contributed by atoms with van der Waals surface area (Å²) in [6.45, 7) is 4.06. The van der Waals surface area contributed by atoms with Gasteiger partial charge in [0.2, 0.25) is 22.9 Å². The van der Waals surface area contributed by atoms with Crippen LogP contribution in [0.2, 0.25) is 0 Å². The zero-order valence-corrected chi connectivity index (χ0v) is 34.7. The number of fused-ring (bicyclic) bond motifs is 2. The van der Waals surface area contributed by atoms with E-state index in [9.17, 15) is 0 Å². The van der Waals surface area contributed by atoms with Gasteiger partial charge in [0.05, 0.1) is 58.8 Å². The summed E-state index contributed by atoms with van der Waals surface area (Å²) in [7, 11) is 11.8. The molecular formula is C41H46Cl2N14. The van der Waals surface area contributed by atoms with Gasteiger partial charge in [0.1, 0.15) is 0 Å². The number of nitrogens with zero attached hydrogens (tertiary/aromatic N) is 14. The lowest BCUT2D eigenvalue weighted by Gasteiger charge is -1.98. The van der Waals surface area contributed by atoms with Crippen molar-refractivity contribution in [3.05, 3.63) is 144 Å². The second kappa shape index (κ2) is 20.0. The van der Waals surface area contributed by atoms with Crippen LogP contribution < -0.4 is 45.2 Å². The molecule has 0 aliphatic rings. The Kier molecular flexibility index (Phi) is 15.2. The third-order valence-corrected chi connectivity index (χ3v) is 8.99. The highest BCUT2D eigenvalue weighted by atomic mass is 35.5. The van der Waals surface area contributed by atoms with E-state index in [1.54, 1.807) is 0 Å². The molecule has 0 radical (unpaired) electrons. The summed E-state index contributed by atoms with van der Waals surface area (Å²) < 4.78 is 11.9. The van der Waals surface area contributed by atoms with E-state index in [0.717, 1.165) is 50.5 Å². The molecule has 0 aliphatic heterocycles. The molecule has 0 saturated heterocycles. The molecule has 57 heavy (non-hydrogen) atoms. The summed E-state index contributed by atoms with van der Waals surface area (Å²) in [4.78, 5) is 0. The predicted molar refractivity (Wildman–Crippen MR) is 214 cm³/mol. The highest BCUT2D eigenvalue weighted by Crippen LogP contribution is 2.13. The van der Waals surface area contributed by atoms with E-state index in [4.69, 9.17) is 0 Å². The highest BCUT2D eigenvalue weighted by molar-refractivity contribution is 5.99. The van der Waals surface area contributed by atoms with Crippen molar-refractivity contribution in [3.8, 4) is 0 Å². The minimum atomic E-state index is 0. The Bertz CT molecular complexity index is 2630. The van der Waals surface area contributed by atoms with Gasteiger partial charge < -0.3 is 43.1 Å². The maximum atomic E-state index is 4.51. The van der Waals surface area contributed by atoms with E-state index in [0.29, 0.717) is 11.7 Å². The van der Waals surface area contributed by atoms with Gasteiger partial charge in [0, 0.05) is 51.8 Å². The van der Waals surface area contributed by atoms with Crippen molar-refractivity contribution in [1.82, 2.24) is 18.3 Å². The molecule has 0 saturated carbocycles. The van der Waals surface area contributed by atoms with Gasteiger partial charge in [-0.25, -0.2) is 9.13 Å². The summed E-state index contributed by atoms with van der Waals surface area (Å²) in [5.41, 5.74) is 6.71. The first-order chi connectivity index (χ1) is 26.6. The van der Waals surface area contributed by atoms with Crippen LogP contribution in [0.5, 0.6) is 0 Å². The lowest BCUT2D eigenvalue weighted by atomic mass is 10.2. The summed E-state index contributed by atoms with van der Waals surface area (Å²) in [5, 5.41) is 35.2. The Morgan fingerprint density at radius 2 is 0.877 bits per heavy atom. The average Bonchev–Trinajstić information content (AvgIpc) is 3.59. The molecule has 0 aliphatic carbocycles. The molecule has 0 amide bonds. The van der Waals surface area contributed by atoms with E-state index in [-0.39, 0.29) is 30.7 Å². The van der Waals surface area contributed by atoms with Gasteiger partial charge >= 0.3 is 11.6 Å². The van der Waals surface area contributed by atoms with Gasteiger partial charge in [-0.1, -0.05) is 80.6 Å². The normalized spacial score (nSPS) is 11.8. The second-order valence-electron chi connectivity index (χ2n) is 13.2. The van der Waals surface area contributed by atoms with Gasteiger partial charge in [0.15, 0.2) is 0 Å². The van der Waals surface area contributed by atoms with Gasteiger partial charge in [-0.05, 0) is 46.6 Å². The standard InChI is InChI=1S/C22H22N7.C19H24N7.2ClH/c1-27-16-10-9-15-20(27)23-24-21(17-11-5-4-6-12-17)25-26-22-28(2)18-13-7-8-14-19(18)29(22)3;1-14(2)18(21-20-17-12-8-9-13-24(17)3)22-23-19-25(4)15-10-6-7-11-16(15)26(19)5;;/h4-16H,1-3H3;6-14H,1-5H3;2*1H/q2*+1;;/p-2. The molecule has 16 heteroatoms. The maximum Gasteiger partial charge on any atom is 0.350 e. The Morgan fingerprint density at radius 3 is 1.30 bits per heavy atom. The first-order valence-corrected chi connectivity index (χ1v) is 17.9. The summed E-state index contributed by atoms with van der Waals surface area (Å²) in [6.07, 6.45) is 3.86. The first-order valence-electron chi connectivity index (χ1n) is 17.9. The molecule has 0 atom stereocenters. The zero-order valence-electron chi connectivity index (χ0n) is 33.2. The van der Waals surface area contributed by atoms with Gasteiger partial charge in [0.25, 0.3) is 0 Å². The number of para-hydroxylation sites is 4. The highest BCUT2D eigenvalue weighted by Gasteiger charge is 2.12. The number of halogens is 2. The van der Waals surface area contributed by atoms with Crippen LogP contribution in [0.3, 0.4) is 0 Å². The third kappa shape index (κ3) is 10.1. The van der Waals surface area contributed by atoms with Gasteiger partial charge in [-0.3, -0.25) is 0 Å². The molecule has 7 aromatic rings. The molecule has 0 unspecified atom stereocenters. The Labute approximate surface area is 343 Å². The lowest BCUT2D eigenvalue weighted by molar-refractivity contribution is -0.658. The third-order valence-electron chi connectivity index (χ3n) is 8.99. The quantitative estimate of drug-likeness (QED) is 0.0760. The Balaban J connectivity index is 0.000000246. The predicted octanol–water partition coefficient (Wildman–Crippen LogP) is 0.391. The number of aromatic nitrogens is 6. The van der Waals surface area contributed by atoms with Gasteiger partial charge in [-0.2, -0.15) is 0 Å². The Hall–Kier alpha value is -6.38. The van der Waals surface area contributed by atoms with Crippen molar-refractivity contribution in [2.24, 2.45) is 89.1 Å². The zero-order chi connectivity index (χ0) is 38.9. The van der Waals surface area contributed by atoms with Crippen LogP contribution in [0.1, 0.15) is 19.4 Å². The number of rotatable bonds is 6. The number of azo groups is 2. The number of amidine groups is 2. The summed E-state index contributed by atoms with van der Waals surface area (Å²) >= 11 is 0. The van der Waals surface area contributed by atoms with Crippen LogP contribution in [0.4, 0.5) is 11.6 Å². The number of hydrogen-bond acceptors (Lipinski definition) is 6. The summed E-state index contributed by atoms with van der Waals surface area (Å²) in [6, 6.07) is 37.6. The van der Waals surface area contributed by atoms with Crippen LogP contribution in [0.15, 0.2) is 169 Å². The summed E-state index contributed by atoms with van der Waals surface area (Å²) in [5.74, 6) is 2.62. The molecular weight excluding hydrogens is 759 g/mol. The van der Waals surface area contributed by atoms with Crippen LogP contribution in [0.25, 0.3) is 22.1 Å². The second-order valence-corrected chi connectivity index (χ2v) is 13.2. The smallest absolute Gasteiger partial charge is 0.350 e. The largest absolute Gasteiger partial charge is 1.00 e. The van der Waals surface area contributed by atoms with Crippen LogP contribution >= 0.6 is 0 Å². The van der Waals surface area contributed by atoms with E-state index in [1.165, 1.54) is 0 Å². The topological polar surface area (TPSA) is 126 Å². The van der Waals surface area contributed by atoms with Gasteiger partial charge in [-0.15, -0.1) is 20.4 Å². The number of imidazole rings is 2. The number of pyridine rings is 2. The average molecular weight is 806 g/mol. The monoisotopic (exact) mass is 804 g/mol. The number of benzene rings is 3. The van der Waals surface area contributed by atoms with Crippen molar-refractivity contribution in [2.45, 2.75) is 13.8 Å². The van der Waals surface area contributed by atoms with Crippen molar-refractivity contribution in [2.75, 3.05) is 0 Å². The van der Waals surface area contributed by atoms with E-state index in [2.05, 4.69) is 65.1 Å². The molecule has 7 rings (SSSR count). The lowest BCUT2D eigenvalue weighted by Crippen LogP contribution is -3.00. The molecule has 4 aromatic heterocycles. The minimum Gasteiger partial charge on any atom is -1.00 e. The number of hydrogen-bond donors (Lipinski definition) is 0. The van der Waals surface area contributed by atoms with Crippen LogP contribution in [0, 0.1) is 5.92 Å².